The van der Waals surface area contributed by atoms with Crippen molar-refractivity contribution in [3.63, 3.8) is 0 Å². The summed E-state index contributed by atoms with van der Waals surface area (Å²) in [6.45, 7) is 7.23. The molecule has 0 saturated carbocycles. The maximum absolute atomic E-state index is 13.9. The van der Waals surface area contributed by atoms with Gasteiger partial charge in [0, 0.05) is 18.7 Å². The Bertz CT molecular complexity index is 553. The lowest BCUT2D eigenvalue weighted by atomic mass is 10.2. The SMILES string of the molecule is CCCNCc1occc1CN(CC)c1ccccc1F. The van der Waals surface area contributed by atoms with Crippen LogP contribution in [-0.2, 0) is 13.1 Å². The van der Waals surface area contributed by atoms with Gasteiger partial charge in [0.05, 0.1) is 18.5 Å². The van der Waals surface area contributed by atoms with Gasteiger partial charge >= 0.3 is 0 Å². The van der Waals surface area contributed by atoms with Crippen molar-refractivity contribution in [1.29, 1.82) is 0 Å². The van der Waals surface area contributed by atoms with Crippen LogP contribution in [0.4, 0.5) is 10.1 Å². The van der Waals surface area contributed by atoms with Crippen molar-refractivity contribution in [2.75, 3.05) is 18.0 Å². The van der Waals surface area contributed by atoms with Crippen LogP contribution < -0.4 is 10.2 Å². The highest BCUT2D eigenvalue weighted by Gasteiger charge is 2.13. The zero-order chi connectivity index (χ0) is 15.1. The smallest absolute Gasteiger partial charge is 0.146 e. The van der Waals surface area contributed by atoms with Gasteiger partial charge in [-0.15, -0.1) is 0 Å². The van der Waals surface area contributed by atoms with Crippen molar-refractivity contribution in [1.82, 2.24) is 5.32 Å². The van der Waals surface area contributed by atoms with Gasteiger partial charge in [-0.25, -0.2) is 4.39 Å². The largest absolute Gasteiger partial charge is 0.468 e. The standard InChI is InChI=1S/C17H23FN2O/c1-3-10-19-12-17-14(9-11-21-17)13-20(4-2)16-8-6-5-7-15(16)18/h5-9,11,19H,3-4,10,12-13H2,1-2H3. The van der Waals surface area contributed by atoms with Gasteiger partial charge in [-0.3, -0.25) is 0 Å². The first-order valence-electron chi connectivity index (χ1n) is 7.51. The highest BCUT2D eigenvalue weighted by Crippen LogP contribution is 2.22. The maximum Gasteiger partial charge on any atom is 0.146 e. The number of nitrogens with one attached hydrogen (secondary N) is 1. The number of para-hydroxylation sites is 1. The summed E-state index contributed by atoms with van der Waals surface area (Å²) in [4.78, 5) is 2.02. The number of anilines is 1. The van der Waals surface area contributed by atoms with Crippen LogP contribution in [0.15, 0.2) is 41.0 Å². The first kappa shape index (κ1) is 15.6. The van der Waals surface area contributed by atoms with E-state index in [2.05, 4.69) is 12.2 Å². The molecule has 3 nitrogen and oxygen atoms in total. The van der Waals surface area contributed by atoms with Crippen molar-refractivity contribution in [2.45, 2.75) is 33.4 Å². The Morgan fingerprint density at radius 3 is 2.71 bits per heavy atom. The first-order valence-corrected chi connectivity index (χ1v) is 7.51. The van der Waals surface area contributed by atoms with Crippen LogP contribution in [0.2, 0.25) is 0 Å². The number of rotatable bonds is 8. The molecule has 1 aromatic heterocycles. The molecule has 0 radical (unpaired) electrons. The Hall–Kier alpha value is -1.81. The Morgan fingerprint density at radius 2 is 2.00 bits per heavy atom. The molecule has 1 N–H and O–H groups in total. The first-order chi connectivity index (χ1) is 10.3. The topological polar surface area (TPSA) is 28.4 Å². The Morgan fingerprint density at radius 1 is 1.19 bits per heavy atom. The molecule has 0 bridgehead atoms. The number of furan rings is 1. The van der Waals surface area contributed by atoms with Crippen molar-refractivity contribution in [3.05, 3.63) is 53.7 Å². The minimum absolute atomic E-state index is 0.187. The average Bonchev–Trinajstić information content (AvgIpc) is 2.93. The lowest BCUT2D eigenvalue weighted by molar-refractivity contribution is 0.477. The van der Waals surface area contributed by atoms with Crippen molar-refractivity contribution in [2.24, 2.45) is 0 Å². The molecule has 21 heavy (non-hydrogen) atoms. The molecule has 0 amide bonds. The zero-order valence-corrected chi connectivity index (χ0v) is 12.7. The molecule has 1 aromatic carbocycles. The maximum atomic E-state index is 13.9. The summed E-state index contributed by atoms with van der Waals surface area (Å²) in [7, 11) is 0. The van der Waals surface area contributed by atoms with Crippen LogP contribution in [-0.4, -0.2) is 13.1 Å². The average molecular weight is 290 g/mol. The molecule has 2 rings (SSSR count). The molecule has 4 heteroatoms. The molecule has 0 saturated heterocycles. The second-order valence-electron chi connectivity index (χ2n) is 5.01. The van der Waals surface area contributed by atoms with Gasteiger partial charge in [0.15, 0.2) is 0 Å². The summed E-state index contributed by atoms with van der Waals surface area (Å²) in [5.74, 6) is 0.742. The van der Waals surface area contributed by atoms with Gasteiger partial charge in [-0.1, -0.05) is 19.1 Å². The summed E-state index contributed by atoms with van der Waals surface area (Å²) in [6, 6.07) is 8.85. The monoisotopic (exact) mass is 290 g/mol. The van der Waals surface area contributed by atoms with E-state index in [-0.39, 0.29) is 5.82 Å². The van der Waals surface area contributed by atoms with E-state index < -0.39 is 0 Å². The predicted molar refractivity (Wildman–Crippen MR) is 83.8 cm³/mol. The van der Waals surface area contributed by atoms with E-state index in [9.17, 15) is 4.39 Å². The normalized spacial score (nSPS) is 10.8. The number of hydrogen-bond acceptors (Lipinski definition) is 3. The molecule has 0 unspecified atom stereocenters. The quantitative estimate of drug-likeness (QED) is 0.746. The van der Waals surface area contributed by atoms with Gasteiger partial charge in [0.1, 0.15) is 11.6 Å². The Kier molecular flexibility index (Phi) is 5.81. The summed E-state index contributed by atoms with van der Waals surface area (Å²) < 4.78 is 19.5. The number of benzene rings is 1. The number of nitrogens with zero attached hydrogens (tertiary/aromatic N) is 1. The number of hydrogen-bond donors (Lipinski definition) is 1. The minimum atomic E-state index is -0.187. The van der Waals surface area contributed by atoms with Crippen LogP contribution >= 0.6 is 0 Å². The third-order valence-electron chi connectivity index (χ3n) is 3.49. The predicted octanol–water partition coefficient (Wildman–Crippen LogP) is 3.94. The molecule has 0 fully saturated rings. The molecule has 114 valence electrons. The van der Waals surface area contributed by atoms with E-state index in [0.29, 0.717) is 18.8 Å². The molecule has 2 aromatic rings. The summed E-state index contributed by atoms with van der Waals surface area (Å²) >= 11 is 0. The lowest BCUT2D eigenvalue weighted by Gasteiger charge is -2.23. The van der Waals surface area contributed by atoms with E-state index >= 15 is 0 Å². The second kappa shape index (κ2) is 7.84. The van der Waals surface area contributed by atoms with Crippen molar-refractivity contribution >= 4 is 5.69 Å². The Labute approximate surface area is 125 Å². The summed E-state index contributed by atoms with van der Waals surface area (Å²) in [5.41, 5.74) is 1.73. The molecule has 1 heterocycles. The van der Waals surface area contributed by atoms with E-state index in [1.165, 1.54) is 6.07 Å². The molecule has 0 atom stereocenters. The summed E-state index contributed by atoms with van der Waals surface area (Å²) in [6.07, 6.45) is 2.79. The Balaban J connectivity index is 2.09. The summed E-state index contributed by atoms with van der Waals surface area (Å²) in [5, 5.41) is 3.33. The zero-order valence-electron chi connectivity index (χ0n) is 12.7. The van der Waals surface area contributed by atoms with Crippen LogP contribution in [0.25, 0.3) is 0 Å². The van der Waals surface area contributed by atoms with Gasteiger partial charge < -0.3 is 14.6 Å². The third-order valence-corrected chi connectivity index (χ3v) is 3.49. The van der Waals surface area contributed by atoms with E-state index in [4.69, 9.17) is 4.42 Å². The minimum Gasteiger partial charge on any atom is -0.468 e. The van der Waals surface area contributed by atoms with E-state index in [1.54, 1.807) is 12.3 Å². The van der Waals surface area contributed by atoms with Crippen LogP contribution in [0.1, 0.15) is 31.6 Å². The fourth-order valence-corrected chi connectivity index (χ4v) is 2.32. The molecule has 0 aliphatic rings. The molecule has 0 aliphatic heterocycles. The van der Waals surface area contributed by atoms with E-state index in [0.717, 1.165) is 30.8 Å². The molecular weight excluding hydrogens is 267 g/mol. The van der Waals surface area contributed by atoms with Crippen LogP contribution in [0, 0.1) is 5.82 Å². The number of halogens is 1. The molecule has 0 spiro atoms. The van der Waals surface area contributed by atoms with Gasteiger partial charge in [0.2, 0.25) is 0 Å². The highest BCUT2D eigenvalue weighted by atomic mass is 19.1. The molecular formula is C17H23FN2O. The van der Waals surface area contributed by atoms with Gasteiger partial charge in [-0.2, -0.15) is 0 Å². The van der Waals surface area contributed by atoms with Crippen LogP contribution in [0.5, 0.6) is 0 Å². The second-order valence-corrected chi connectivity index (χ2v) is 5.01. The van der Waals surface area contributed by atoms with Crippen molar-refractivity contribution in [3.8, 4) is 0 Å². The molecule has 0 aliphatic carbocycles. The fraction of sp³-hybridized carbons (Fsp3) is 0.412. The van der Waals surface area contributed by atoms with Crippen LogP contribution in [0.3, 0.4) is 0 Å². The van der Waals surface area contributed by atoms with Gasteiger partial charge in [-0.05, 0) is 38.1 Å². The van der Waals surface area contributed by atoms with Crippen molar-refractivity contribution < 1.29 is 8.81 Å². The highest BCUT2D eigenvalue weighted by molar-refractivity contribution is 5.48. The van der Waals surface area contributed by atoms with E-state index in [1.807, 2.05) is 30.0 Å². The van der Waals surface area contributed by atoms with Gasteiger partial charge in [0.25, 0.3) is 0 Å². The lowest BCUT2D eigenvalue weighted by Crippen LogP contribution is -2.24. The fourth-order valence-electron chi connectivity index (χ4n) is 2.32. The third kappa shape index (κ3) is 4.08.